The van der Waals surface area contributed by atoms with Gasteiger partial charge in [-0.1, -0.05) is 35.9 Å². The molecule has 0 unspecified atom stereocenters. The van der Waals surface area contributed by atoms with E-state index in [1.54, 1.807) is 30.3 Å². The molecule has 1 saturated carbocycles. The van der Waals surface area contributed by atoms with Gasteiger partial charge >= 0.3 is 29.6 Å². The van der Waals surface area contributed by atoms with Gasteiger partial charge in [0, 0.05) is 23.3 Å². The van der Waals surface area contributed by atoms with Crippen molar-refractivity contribution >= 4 is 17.6 Å². The first-order valence-electron chi connectivity index (χ1n) is 9.36. The third-order valence-electron chi connectivity index (χ3n) is 4.79. The van der Waals surface area contributed by atoms with Gasteiger partial charge in [0.25, 0.3) is 0 Å². The molecule has 0 aliphatic heterocycles. The molecule has 3 N–H and O–H groups in total. The van der Waals surface area contributed by atoms with Crippen LogP contribution in [0.3, 0.4) is 0 Å². The van der Waals surface area contributed by atoms with E-state index in [9.17, 15) is 25.2 Å². The molecule has 5 atom stereocenters. The maximum Gasteiger partial charge on any atom is 1.00 e. The molecule has 8 heteroatoms. The molecule has 29 heavy (non-hydrogen) atoms. The summed E-state index contributed by atoms with van der Waals surface area (Å²) in [6.07, 6.45) is 6.27. The zero-order valence-corrected chi connectivity index (χ0v) is 19.2. The third-order valence-corrected chi connectivity index (χ3v) is 5.03. The minimum absolute atomic E-state index is 0. The second-order valence-electron chi connectivity index (χ2n) is 6.93. The zero-order valence-electron chi connectivity index (χ0n) is 16.5. The average molecular weight is 433 g/mol. The Morgan fingerprint density at radius 3 is 2.76 bits per heavy atom. The SMILES string of the molecule is O=C([O-])CCC/C=C/C[C@@H]1[C@@H](/C=C/[C@H](O)Oc2cccc(Cl)c2)[C@H](O)C[C@@H]1O.[Na+]. The van der Waals surface area contributed by atoms with Gasteiger partial charge in [0.2, 0.25) is 6.29 Å². The number of carboxylic acid groups (broad SMARTS) is 1. The standard InChI is InChI=1S/C21H27ClO6.Na/c22-14-6-5-7-15(12-14)28-21(27)11-10-17-16(18(23)13-19(17)24)8-3-1-2-4-9-20(25)26;/h1,3,5-7,10-12,16-19,21,23-24,27H,2,4,8-9,13H2,(H,25,26);/q;+1/p-1/b3-1+,11-10+;/t16-,17-,18+,19-,21-;/m1./s1. The number of carbonyl (C=O) groups excluding carboxylic acids is 1. The molecule has 1 aliphatic carbocycles. The predicted molar refractivity (Wildman–Crippen MR) is 103 cm³/mol. The number of aliphatic hydroxyl groups is 3. The van der Waals surface area contributed by atoms with Crippen molar-refractivity contribution in [3.8, 4) is 5.75 Å². The Balaban J connectivity index is 0.00000420. The van der Waals surface area contributed by atoms with Gasteiger partial charge in [0.05, 0.1) is 12.2 Å². The quantitative estimate of drug-likeness (QED) is 0.186. The van der Waals surface area contributed by atoms with Crippen LogP contribution in [-0.2, 0) is 4.79 Å². The van der Waals surface area contributed by atoms with E-state index in [-0.39, 0.29) is 54.2 Å². The molecule has 0 heterocycles. The smallest absolute Gasteiger partial charge is 0.550 e. The second kappa shape index (κ2) is 13.4. The molecule has 1 aliphatic rings. The molecule has 0 radical (unpaired) electrons. The number of hydrogen-bond acceptors (Lipinski definition) is 6. The first kappa shape index (κ1) is 26.2. The molecule has 0 amide bonds. The molecule has 0 spiro atoms. The molecule has 0 aromatic heterocycles. The number of aliphatic carboxylic acids is 1. The molecule has 0 bridgehead atoms. The van der Waals surface area contributed by atoms with Crippen LogP contribution in [0.2, 0.25) is 5.02 Å². The van der Waals surface area contributed by atoms with Crippen molar-refractivity contribution in [1.82, 2.24) is 0 Å². The van der Waals surface area contributed by atoms with Crippen LogP contribution in [-0.4, -0.2) is 39.8 Å². The van der Waals surface area contributed by atoms with Gasteiger partial charge in [-0.05, 0) is 55.9 Å². The molecule has 154 valence electrons. The van der Waals surface area contributed by atoms with Crippen LogP contribution >= 0.6 is 11.6 Å². The van der Waals surface area contributed by atoms with E-state index in [0.717, 1.165) is 0 Å². The zero-order chi connectivity index (χ0) is 20.5. The van der Waals surface area contributed by atoms with E-state index in [0.29, 0.717) is 30.0 Å². The number of halogens is 1. The van der Waals surface area contributed by atoms with Crippen molar-refractivity contribution in [1.29, 1.82) is 0 Å². The molecular formula is C21H26ClNaO6. The maximum absolute atomic E-state index is 10.4. The number of carbonyl (C=O) groups is 1. The number of allylic oxidation sites excluding steroid dienone is 2. The van der Waals surface area contributed by atoms with E-state index >= 15 is 0 Å². The Morgan fingerprint density at radius 1 is 1.31 bits per heavy atom. The Bertz CT molecular complexity index is 696. The van der Waals surface area contributed by atoms with E-state index in [4.69, 9.17) is 16.3 Å². The Kier molecular flexibility index (Phi) is 12.1. The van der Waals surface area contributed by atoms with Gasteiger partial charge in [0.1, 0.15) is 5.75 Å². The summed E-state index contributed by atoms with van der Waals surface area (Å²) in [6.45, 7) is 0. The maximum atomic E-state index is 10.4. The number of aliphatic hydroxyl groups excluding tert-OH is 3. The summed E-state index contributed by atoms with van der Waals surface area (Å²) >= 11 is 5.88. The van der Waals surface area contributed by atoms with E-state index in [2.05, 4.69) is 0 Å². The summed E-state index contributed by atoms with van der Waals surface area (Å²) in [5.41, 5.74) is 0. The second-order valence-corrected chi connectivity index (χ2v) is 7.37. The van der Waals surface area contributed by atoms with E-state index in [1.807, 2.05) is 12.2 Å². The average Bonchev–Trinajstić information content (AvgIpc) is 2.89. The molecule has 1 aromatic carbocycles. The summed E-state index contributed by atoms with van der Waals surface area (Å²) in [5.74, 6) is -1.15. The fraction of sp³-hybridized carbons (Fsp3) is 0.476. The molecule has 6 nitrogen and oxygen atoms in total. The van der Waals surface area contributed by atoms with Crippen molar-refractivity contribution in [2.45, 2.75) is 50.6 Å². The van der Waals surface area contributed by atoms with Crippen LogP contribution in [0.1, 0.15) is 32.1 Å². The van der Waals surface area contributed by atoms with Gasteiger partial charge in [-0.2, -0.15) is 0 Å². The number of hydrogen-bond donors (Lipinski definition) is 3. The monoisotopic (exact) mass is 432 g/mol. The minimum Gasteiger partial charge on any atom is -0.550 e. The van der Waals surface area contributed by atoms with Crippen LogP contribution in [0.15, 0.2) is 48.6 Å². The van der Waals surface area contributed by atoms with Crippen LogP contribution in [0.25, 0.3) is 0 Å². The molecule has 2 rings (SSSR count). The summed E-state index contributed by atoms with van der Waals surface area (Å²) in [5, 5.41) is 41.4. The summed E-state index contributed by atoms with van der Waals surface area (Å²) < 4.78 is 5.37. The number of ether oxygens (including phenoxy) is 1. The normalized spacial score (nSPS) is 25.2. The Hall–Kier alpha value is -0.860. The van der Waals surface area contributed by atoms with Gasteiger partial charge in [-0.3, -0.25) is 0 Å². The van der Waals surface area contributed by atoms with Crippen molar-refractivity contribution in [2.24, 2.45) is 11.8 Å². The molecule has 1 aromatic rings. The fourth-order valence-electron chi connectivity index (χ4n) is 3.38. The van der Waals surface area contributed by atoms with Gasteiger partial charge in [-0.15, -0.1) is 0 Å². The van der Waals surface area contributed by atoms with Crippen molar-refractivity contribution in [2.75, 3.05) is 0 Å². The number of rotatable bonds is 10. The fourth-order valence-corrected chi connectivity index (χ4v) is 3.56. The number of benzene rings is 1. The predicted octanol–water partition coefficient (Wildman–Crippen LogP) is -1.18. The third kappa shape index (κ3) is 9.22. The first-order chi connectivity index (χ1) is 13.4. The van der Waals surface area contributed by atoms with Gasteiger partial charge < -0.3 is 30.0 Å². The van der Waals surface area contributed by atoms with Gasteiger partial charge in [0.15, 0.2) is 0 Å². The summed E-state index contributed by atoms with van der Waals surface area (Å²) in [6, 6.07) is 6.66. The van der Waals surface area contributed by atoms with Crippen LogP contribution in [0, 0.1) is 11.8 Å². The van der Waals surface area contributed by atoms with Crippen LogP contribution in [0.4, 0.5) is 0 Å². The van der Waals surface area contributed by atoms with E-state index < -0.39 is 24.5 Å². The molecule has 1 fully saturated rings. The van der Waals surface area contributed by atoms with Crippen molar-refractivity contribution in [3.63, 3.8) is 0 Å². The molecule has 0 saturated heterocycles. The number of unbranched alkanes of at least 4 members (excludes halogenated alkanes) is 1. The summed E-state index contributed by atoms with van der Waals surface area (Å²) in [7, 11) is 0. The Labute approximate surface area is 198 Å². The Morgan fingerprint density at radius 2 is 2.07 bits per heavy atom. The molecular weight excluding hydrogens is 407 g/mol. The van der Waals surface area contributed by atoms with Gasteiger partial charge in [-0.25, -0.2) is 0 Å². The van der Waals surface area contributed by atoms with Crippen LogP contribution < -0.4 is 39.4 Å². The van der Waals surface area contributed by atoms with E-state index in [1.165, 1.54) is 6.08 Å². The van der Waals surface area contributed by atoms with Crippen molar-refractivity contribution in [3.05, 3.63) is 53.6 Å². The topological polar surface area (TPSA) is 110 Å². The summed E-state index contributed by atoms with van der Waals surface area (Å²) in [4.78, 5) is 10.4. The van der Waals surface area contributed by atoms with Crippen LogP contribution in [0.5, 0.6) is 5.75 Å². The van der Waals surface area contributed by atoms with Crippen molar-refractivity contribution < 1.29 is 59.5 Å². The number of carboxylic acids is 1. The first-order valence-corrected chi connectivity index (χ1v) is 9.74. The largest absolute Gasteiger partial charge is 1.00 e. The minimum atomic E-state index is -1.20.